The molecule has 2 aliphatic rings. The molecule has 0 heterocycles. The summed E-state index contributed by atoms with van der Waals surface area (Å²) in [6.45, 7) is 5.73. The molecule has 3 N–H and O–H groups in total. The molecule has 1 amide bonds. The van der Waals surface area contributed by atoms with Gasteiger partial charge in [-0.2, -0.15) is 0 Å². The Labute approximate surface area is 187 Å². The monoisotopic (exact) mass is 435 g/mol. The molecule has 32 heavy (non-hydrogen) atoms. The average molecular weight is 436 g/mol. The van der Waals surface area contributed by atoms with Gasteiger partial charge >= 0.3 is 5.97 Å². The lowest BCUT2D eigenvalue weighted by atomic mass is 9.59. The molecule has 6 heteroatoms. The number of aliphatic hydroxyl groups is 1. The molecule has 0 aliphatic heterocycles. The molecule has 2 bridgehead atoms. The summed E-state index contributed by atoms with van der Waals surface area (Å²) >= 11 is 0. The van der Waals surface area contributed by atoms with E-state index in [4.69, 9.17) is 0 Å². The van der Waals surface area contributed by atoms with E-state index in [0.717, 1.165) is 0 Å². The summed E-state index contributed by atoms with van der Waals surface area (Å²) in [5, 5.41) is 25.1. The quantitative estimate of drug-likeness (QED) is 0.643. The highest BCUT2D eigenvalue weighted by Crippen LogP contribution is 2.69. The number of hydrogen-bond donors (Lipinski definition) is 3. The Kier molecular flexibility index (Phi) is 5.24. The number of benzene rings is 2. The predicted molar refractivity (Wildman–Crippen MR) is 119 cm³/mol. The first-order chi connectivity index (χ1) is 15.0. The second-order valence-electron chi connectivity index (χ2n) is 9.85. The zero-order chi connectivity index (χ0) is 23.3. The van der Waals surface area contributed by atoms with Crippen LogP contribution in [0.15, 0.2) is 60.7 Å². The van der Waals surface area contributed by atoms with E-state index in [9.17, 15) is 24.6 Å². The standard InChI is InChI=1S/C26H29NO5/c1-24(2)18-14-19(25(24,3)20(28)15-18)26(32,23(30)31)21(16-10-6-4-7-11-16)27-22(29)17-12-8-5-9-13-17/h4-13,18-19,21,32H,14-15H2,1-3H3,(H,27,29)(H,30,31)/t18?,19?,21-,25?,26?/m0/s1. The number of ketones is 1. The van der Waals surface area contributed by atoms with Crippen LogP contribution in [-0.2, 0) is 9.59 Å². The van der Waals surface area contributed by atoms with Crippen LogP contribution in [0.4, 0.5) is 0 Å². The van der Waals surface area contributed by atoms with Crippen LogP contribution < -0.4 is 5.32 Å². The first-order valence-electron chi connectivity index (χ1n) is 10.9. The van der Waals surface area contributed by atoms with Crippen molar-refractivity contribution in [3.8, 4) is 0 Å². The molecular weight excluding hydrogens is 406 g/mol. The van der Waals surface area contributed by atoms with Crippen molar-refractivity contribution in [1.29, 1.82) is 0 Å². The Bertz CT molecular complexity index is 1050. The number of carbonyl (C=O) groups excluding carboxylic acids is 2. The van der Waals surface area contributed by atoms with Gasteiger partial charge in [0.25, 0.3) is 5.91 Å². The highest BCUT2D eigenvalue weighted by molar-refractivity contribution is 5.96. The van der Waals surface area contributed by atoms with E-state index in [1.54, 1.807) is 67.6 Å². The summed E-state index contributed by atoms with van der Waals surface area (Å²) in [6.07, 6.45) is 0.796. The Morgan fingerprint density at radius 2 is 1.59 bits per heavy atom. The van der Waals surface area contributed by atoms with E-state index in [2.05, 4.69) is 5.32 Å². The largest absolute Gasteiger partial charge is 0.479 e. The van der Waals surface area contributed by atoms with Gasteiger partial charge in [0.1, 0.15) is 5.78 Å². The molecule has 0 aromatic heterocycles. The van der Waals surface area contributed by atoms with Crippen molar-refractivity contribution in [3.05, 3.63) is 71.8 Å². The lowest BCUT2D eigenvalue weighted by Gasteiger charge is -2.46. The maximum atomic E-state index is 13.1. The van der Waals surface area contributed by atoms with Crippen LogP contribution in [0.3, 0.4) is 0 Å². The Balaban J connectivity index is 1.83. The van der Waals surface area contributed by atoms with Crippen molar-refractivity contribution in [2.75, 3.05) is 0 Å². The van der Waals surface area contributed by atoms with Crippen molar-refractivity contribution in [2.45, 2.75) is 45.3 Å². The van der Waals surface area contributed by atoms with E-state index in [1.807, 2.05) is 13.8 Å². The maximum absolute atomic E-state index is 13.1. The predicted octanol–water partition coefficient (Wildman–Crippen LogP) is 3.61. The fraction of sp³-hybridized carbons (Fsp3) is 0.423. The second kappa shape index (κ2) is 7.55. The number of fused-ring (bicyclic) bond motifs is 2. The Hall–Kier alpha value is -2.99. The zero-order valence-electron chi connectivity index (χ0n) is 18.5. The molecule has 2 aromatic carbocycles. The molecule has 0 radical (unpaired) electrons. The minimum atomic E-state index is -2.37. The second-order valence-corrected chi connectivity index (χ2v) is 9.85. The summed E-state index contributed by atoms with van der Waals surface area (Å²) in [5.74, 6) is -2.82. The third-order valence-corrected chi connectivity index (χ3v) is 8.35. The molecule has 0 spiro atoms. The van der Waals surface area contributed by atoms with Gasteiger partial charge in [0.05, 0.1) is 6.04 Å². The molecule has 2 aromatic rings. The van der Waals surface area contributed by atoms with Gasteiger partial charge in [-0.3, -0.25) is 9.59 Å². The van der Waals surface area contributed by atoms with Crippen LogP contribution in [0.25, 0.3) is 0 Å². The van der Waals surface area contributed by atoms with Crippen molar-refractivity contribution in [1.82, 2.24) is 5.32 Å². The minimum Gasteiger partial charge on any atom is -0.479 e. The van der Waals surface area contributed by atoms with Gasteiger partial charge in [0, 0.05) is 23.3 Å². The van der Waals surface area contributed by atoms with Crippen molar-refractivity contribution in [2.24, 2.45) is 22.7 Å². The van der Waals surface area contributed by atoms with Crippen LogP contribution in [0.2, 0.25) is 0 Å². The third kappa shape index (κ3) is 3.00. The Morgan fingerprint density at radius 1 is 1.03 bits per heavy atom. The molecule has 168 valence electrons. The number of carbonyl (C=O) groups is 3. The number of aliphatic carboxylic acids is 1. The van der Waals surface area contributed by atoms with Crippen molar-refractivity contribution < 1.29 is 24.6 Å². The van der Waals surface area contributed by atoms with Crippen LogP contribution in [0.5, 0.6) is 0 Å². The third-order valence-electron chi connectivity index (χ3n) is 8.35. The molecule has 5 atom stereocenters. The lowest BCUT2D eigenvalue weighted by Crippen LogP contribution is -2.61. The van der Waals surface area contributed by atoms with Gasteiger partial charge in [-0.05, 0) is 35.4 Å². The van der Waals surface area contributed by atoms with E-state index in [-0.39, 0.29) is 11.7 Å². The molecular formula is C26H29NO5. The normalized spacial score (nSPS) is 28.7. The maximum Gasteiger partial charge on any atom is 0.338 e. The SMILES string of the molecule is CC1(C)C2CC(=O)C1(C)C(C(O)(C(=O)O)[C@@H](NC(=O)c1ccccc1)c1ccccc1)C2. The molecule has 2 aliphatic carbocycles. The molecule has 2 saturated carbocycles. The number of rotatable bonds is 6. The smallest absolute Gasteiger partial charge is 0.338 e. The van der Waals surface area contributed by atoms with E-state index in [1.165, 1.54) is 0 Å². The number of hydrogen-bond acceptors (Lipinski definition) is 4. The van der Waals surface area contributed by atoms with Crippen molar-refractivity contribution >= 4 is 17.7 Å². The van der Waals surface area contributed by atoms with Gasteiger partial charge in [-0.15, -0.1) is 0 Å². The van der Waals surface area contributed by atoms with Crippen LogP contribution >= 0.6 is 0 Å². The number of carboxylic acids is 1. The molecule has 0 saturated heterocycles. The van der Waals surface area contributed by atoms with Crippen LogP contribution in [-0.4, -0.2) is 33.5 Å². The highest BCUT2D eigenvalue weighted by atomic mass is 16.4. The number of Topliss-reactive ketones (excluding diaryl/α,β-unsaturated/α-hetero) is 1. The average Bonchev–Trinajstić information content (AvgIpc) is 3.09. The van der Waals surface area contributed by atoms with Crippen LogP contribution in [0, 0.1) is 22.7 Å². The van der Waals surface area contributed by atoms with E-state index in [0.29, 0.717) is 24.0 Å². The number of nitrogens with one attached hydrogen (secondary N) is 1. The number of carboxylic acid groups (broad SMARTS) is 1. The summed E-state index contributed by atoms with van der Waals surface area (Å²) in [4.78, 5) is 38.9. The summed E-state index contributed by atoms with van der Waals surface area (Å²) < 4.78 is 0. The topological polar surface area (TPSA) is 104 Å². The fourth-order valence-corrected chi connectivity index (χ4v) is 6.01. The first kappa shape index (κ1) is 22.2. The zero-order valence-corrected chi connectivity index (χ0v) is 18.5. The summed E-state index contributed by atoms with van der Waals surface area (Å²) in [5.41, 5.74) is -3.02. The Morgan fingerprint density at radius 3 is 2.09 bits per heavy atom. The fourth-order valence-electron chi connectivity index (χ4n) is 6.01. The van der Waals surface area contributed by atoms with Crippen LogP contribution in [0.1, 0.15) is 55.6 Å². The van der Waals surface area contributed by atoms with E-state index < -0.39 is 40.3 Å². The van der Waals surface area contributed by atoms with Gasteiger partial charge < -0.3 is 15.5 Å². The van der Waals surface area contributed by atoms with Gasteiger partial charge in [0.2, 0.25) is 0 Å². The summed E-state index contributed by atoms with van der Waals surface area (Å²) in [7, 11) is 0. The molecule has 4 unspecified atom stereocenters. The summed E-state index contributed by atoms with van der Waals surface area (Å²) in [6, 6.07) is 15.9. The van der Waals surface area contributed by atoms with Gasteiger partial charge in [-0.1, -0.05) is 69.3 Å². The molecule has 2 fully saturated rings. The number of amides is 1. The van der Waals surface area contributed by atoms with Gasteiger partial charge in [0.15, 0.2) is 5.60 Å². The molecule has 6 nitrogen and oxygen atoms in total. The van der Waals surface area contributed by atoms with Gasteiger partial charge in [-0.25, -0.2) is 4.79 Å². The lowest BCUT2D eigenvalue weighted by molar-refractivity contribution is -0.180. The van der Waals surface area contributed by atoms with E-state index >= 15 is 0 Å². The first-order valence-corrected chi connectivity index (χ1v) is 10.9. The van der Waals surface area contributed by atoms with Crippen molar-refractivity contribution in [3.63, 3.8) is 0 Å². The molecule has 4 rings (SSSR count). The highest BCUT2D eigenvalue weighted by Gasteiger charge is 2.73. The minimum absolute atomic E-state index is 0.0166.